The topological polar surface area (TPSA) is 65.2 Å². The molecule has 2 N–H and O–H groups in total. The summed E-state index contributed by atoms with van der Waals surface area (Å²) < 4.78 is 0. The van der Waals surface area contributed by atoms with Gasteiger partial charge in [-0.25, -0.2) is 0 Å². The van der Waals surface area contributed by atoms with Crippen LogP contribution in [0.5, 0.6) is 11.5 Å². The van der Waals surface area contributed by atoms with Crippen LogP contribution in [0.25, 0.3) is 0 Å². The lowest BCUT2D eigenvalue weighted by atomic mass is 9.87. The van der Waals surface area contributed by atoms with Crippen LogP contribution >= 0.6 is 0 Å². The second-order valence-corrected chi connectivity index (χ2v) is 12.6. The number of nitrogens with zero attached hydrogens (tertiary/aromatic N) is 2. The van der Waals surface area contributed by atoms with Gasteiger partial charge in [-0.2, -0.15) is 0 Å². The third-order valence-electron chi connectivity index (χ3n) is 9.50. The van der Waals surface area contributed by atoms with Gasteiger partial charge >= 0.3 is 0 Å². The molecule has 250 valence electrons. The first kappa shape index (κ1) is 34.1. The fraction of sp³-hybridized carbons (Fsp3) is 0.174. The Morgan fingerprint density at radius 1 is 0.420 bits per heavy atom. The SMILES string of the molecule is CC[C@@H](c1ccccc1)c1cccc(C=N[C@@H](c2ccccc2)[C@@H](N=Cc2cccc([C@@H](CC)c3ccccc3)c2O)c2ccccc2)c1O. The quantitative estimate of drug-likeness (QED) is 0.122. The highest BCUT2D eigenvalue weighted by Crippen LogP contribution is 2.39. The predicted octanol–water partition coefficient (Wildman–Crippen LogP) is 11.2. The molecular weight excluding hydrogens is 613 g/mol. The molecule has 0 unspecified atom stereocenters. The van der Waals surface area contributed by atoms with Crippen LogP contribution in [-0.4, -0.2) is 22.6 Å². The van der Waals surface area contributed by atoms with Crippen LogP contribution in [0.1, 0.15) is 95.1 Å². The minimum atomic E-state index is -0.410. The van der Waals surface area contributed by atoms with Crippen LogP contribution in [0, 0.1) is 0 Å². The van der Waals surface area contributed by atoms with Crippen molar-refractivity contribution in [3.05, 3.63) is 202 Å². The molecule has 0 spiro atoms. The molecule has 0 aliphatic heterocycles. The molecule has 4 atom stereocenters. The maximum atomic E-state index is 11.6. The maximum absolute atomic E-state index is 11.6. The smallest absolute Gasteiger partial charge is 0.128 e. The summed E-state index contributed by atoms with van der Waals surface area (Å²) in [6.07, 6.45) is 5.27. The summed E-state index contributed by atoms with van der Waals surface area (Å²) >= 11 is 0. The van der Waals surface area contributed by atoms with Gasteiger partial charge in [0.2, 0.25) is 0 Å². The second kappa shape index (κ2) is 16.6. The van der Waals surface area contributed by atoms with Crippen molar-refractivity contribution < 1.29 is 10.2 Å². The van der Waals surface area contributed by atoms with Crippen molar-refractivity contribution in [1.29, 1.82) is 0 Å². The molecule has 0 radical (unpaired) electrons. The summed E-state index contributed by atoms with van der Waals surface area (Å²) in [6, 6.07) is 51.9. The molecule has 6 aromatic rings. The number of hydrogen-bond acceptors (Lipinski definition) is 4. The van der Waals surface area contributed by atoms with Gasteiger partial charge in [-0.05, 0) is 47.2 Å². The second-order valence-electron chi connectivity index (χ2n) is 12.6. The molecule has 4 nitrogen and oxygen atoms in total. The summed E-state index contributed by atoms with van der Waals surface area (Å²) in [5, 5.41) is 23.2. The fourth-order valence-corrected chi connectivity index (χ4v) is 6.89. The van der Waals surface area contributed by atoms with Gasteiger partial charge in [0.25, 0.3) is 0 Å². The Kier molecular flexibility index (Phi) is 11.3. The molecule has 4 heteroatoms. The molecule has 6 aromatic carbocycles. The van der Waals surface area contributed by atoms with Gasteiger partial charge in [-0.1, -0.05) is 159 Å². The molecular formula is C46H44N2O2. The Labute approximate surface area is 296 Å². The Hall–Kier alpha value is -5.74. The van der Waals surface area contributed by atoms with Gasteiger partial charge in [-0.3, -0.25) is 9.98 Å². The third-order valence-corrected chi connectivity index (χ3v) is 9.50. The molecule has 0 aliphatic carbocycles. The summed E-state index contributed by atoms with van der Waals surface area (Å²) in [5.41, 5.74) is 7.41. The van der Waals surface area contributed by atoms with E-state index in [9.17, 15) is 10.2 Å². The zero-order valence-corrected chi connectivity index (χ0v) is 28.7. The minimum Gasteiger partial charge on any atom is -0.507 e. The zero-order valence-electron chi connectivity index (χ0n) is 28.7. The van der Waals surface area contributed by atoms with E-state index in [1.807, 2.05) is 109 Å². The number of benzene rings is 6. The lowest BCUT2D eigenvalue weighted by Gasteiger charge is -2.23. The maximum Gasteiger partial charge on any atom is 0.128 e. The summed E-state index contributed by atoms with van der Waals surface area (Å²) in [5.74, 6) is 0.607. The van der Waals surface area contributed by atoms with Crippen LogP contribution in [0.3, 0.4) is 0 Å². The van der Waals surface area contributed by atoms with E-state index in [4.69, 9.17) is 9.98 Å². The normalized spacial score (nSPS) is 14.0. The number of rotatable bonds is 13. The van der Waals surface area contributed by atoms with E-state index in [1.54, 1.807) is 12.4 Å². The van der Waals surface area contributed by atoms with E-state index >= 15 is 0 Å². The molecule has 0 amide bonds. The first-order valence-electron chi connectivity index (χ1n) is 17.5. The summed E-state index contributed by atoms with van der Waals surface area (Å²) in [4.78, 5) is 10.3. The van der Waals surface area contributed by atoms with Crippen molar-refractivity contribution in [2.24, 2.45) is 9.98 Å². The molecule has 0 saturated carbocycles. The summed E-state index contributed by atoms with van der Waals surface area (Å²) in [7, 11) is 0. The Balaban J connectivity index is 1.40. The van der Waals surface area contributed by atoms with Crippen LogP contribution in [0.4, 0.5) is 0 Å². The van der Waals surface area contributed by atoms with Crippen LogP contribution in [0.2, 0.25) is 0 Å². The largest absolute Gasteiger partial charge is 0.507 e. The highest BCUT2D eigenvalue weighted by atomic mass is 16.3. The predicted molar refractivity (Wildman–Crippen MR) is 207 cm³/mol. The van der Waals surface area contributed by atoms with Crippen LogP contribution in [0.15, 0.2) is 168 Å². The van der Waals surface area contributed by atoms with Gasteiger partial charge in [0.15, 0.2) is 0 Å². The van der Waals surface area contributed by atoms with Crippen molar-refractivity contribution in [3.8, 4) is 11.5 Å². The van der Waals surface area contributed by atoms with Crippen molar-refractivity contribution in [1.82, 2.24) is 0 Å². The van der Waals surface area contributed by atoms with E-state index in [-0.39, 0.29) is 23.3 Å². The van der Waals surface area contributed by atoms with Crippen LogP contribution < -0.4 is 0 Å². The molecule has 50 heavy (non-hydrogen) atoms. The highest BCUT2D eigenvalue weighted by Gasteiger charge is 2.25. The molecule has 0 saturated heterocycles. The lowest BCUT2D eigenvalue weighted by molar-refractivity contribution is 0.462. The average Bonchev–Trinajstić information content (AvgIpc) is 3.17. The third kappa shape index (κ3) is 7.76. The van der Waals surface area contributed by atoms with Crippen molar-refractivity contribution >= 4 is 12.4 Å². The monoisotopic (exact) mass is 656 g/mol. The van der Waals surface area contributed by atoms with Crippen molar-refractivity contribution in [2.75, 3.05) is 0 Å². The molecule has 6 rings (SSSR count). The van der Waals surface area contributed by atoms with Crippen molar-refractivity contribution in [3.63, 3.8) is 0 Å². The fourth-order valence-electron chi connectivity index (χ4n) is 6.89. The van der Waals surface area contributed by atoms with E-state index < -0.39 is 12.1 Å². The van der Waals surface area contributed by atoms with E-state index in [0.29, 0.717) is 11.1 Å². The lowest BCUT2D eigenvalue weighted by Crippen LogP contribution is -2.09. The average molecular weight is 657 g/mol. The molecule has 0 aliphatic rings. The number of aliphatic imine (C=N–C) groups is 2. The number of phenols is 2. The Morgan fingerprint density at radius 2 is 0.740 bits per heavy atom. The molecule has 0 fully saturated rings. The minimum absolute atomic E-state index is 0.0637. The standard InChI is InChI=1S/C46H44N2O2/c1-3-39(33-19-9-5-10-20-33)41-29-17-27-37(45(41)49)31-47-43(35-23-13-7-14-24-35)44(36-25-15-8-16-26-36)48-32-38-28-18-30-42(46(38)50)40(4-2)34-21-11-6-12-22-34/h5-32,39-40,43-44,49-50H,3-4H2,1-2H3/t39-,40-,43-,44-/m0/s1. The highest BCUT2D eigenvalue weighted by molar-refractivity contribution is 5.85. The van der Waals surface area contributed by atoms with Gasteiger partial charge < -0.3 is 10.2 Å². The van der Waals surface area contributed by atoms with Crippen LogP contribution in [-0.2, 0) is 0 Å². The first-order chi connectivity index (χ1) is 24.6. The van der Waals surface area contributed by atoms with Gasteiger partial charge in [-0.15, -0.1) is 0 Å². The molecule has 0 heterocycles. The van der Waals surface area contributed by atoms with E-state index in [1.165, 1.54) is 11.1 Å². The van der Waals surface area contributed by atoms with Gasteiger partial charge in [0.05, 0.1) is 0 Å². The zero-order chi connectivity index (χ0) is 34.7. The number of aromatic hydroxyl groups is 2. The number of hydrogen-bond donors (Lipinski definition) is 2. The molecule has 0 aromatic heterocycles. The Morgan fingerprint density at radius 3 is 1.06 bits per heavy atom. The number of phenolic OH excluding ortho intramolecular Hbond substituents is 2. The van der Waals surface area contributed by atoms with Gasteiger partial charge in [0, 0.05) is 46.5 Å². The van der Waals surface area contributed by atoms with E-state index in [0.717, 1.165) is 35.1 Å². The Bertz CT molecular complexity index is 1860. The first-order valence-corrected chi connectivity index (χ1v) is 17.5. The van der Waals surface area contributed by atoms with Gasteiger partial charge in [0.1, 0.15) is 23.6 Å². The molecule has 0 bridgehead atoms. The summed E-state index contributed by atoms with van der Waals surface area (Å²) in [6.45, 7) is 4.28. The van der Waals surface area contributed by atoms with Crippen molar-refractivity contribution in [2.45, 2.75) is 50.6 Å². The van der Waals surface area contributed by atoms with E-state index in [2.05, 4.69) is 62.4 Å². The number of para-hydroxylation sites is 2.